The van der Waals surface area contributed by atoms with Gasteiger partial charge in [0.1, 0.15) is 6.29 Å². The smallest absolute Gasteiger partial charge is 0.265 e. The molecule has 0 heterocycles. The summed E-state index contributed by atoms with van der Waals surface area (Å²) in [6.07, 6.45) is 2.83. The summed E-state index contributed by atoms with van der Waals surface area (Å²) in [5.74, 6) is -1.00. The maximum absolute atomic E-state index is 10.4. The van der Waals surface area contributed by atoms with E-state index in [1.165, 1.54) is 0 Å². The predicted molar refractivity (Wildman–Crippen MR) is 45.5 cm³/mol. The Balaban J connectivity index is 3.92. The molecule has 5 heteroatoms. The van der Waals surface area contributed by atoms with Crippen LogP contribution in [0.15, 0.2) is 0 Å². The minimum atomic E-state index is -4.00. The molecule has 1 unspecified atom stereocenters. The van der Waals surface area contributed by atoms with E-state index in [1.807, 2.05) is 6.92 Å². The van der Waals surface area contributed by atoms with Crippen molar-refractivity contribution >= 4 is 16.4 Å². The highest BCUT2D eigenvalue weighted by atomic mass is 32.2. The molecule has 4 nitrogen and oxygen atoms in total. The molecule has 0 aliphatic carbocycles. The molecule has 0 rings (SSSR count). The van der Waals surface area contributed by atoms with Gasteiger partial charge in [-0.15, -0.1) is 0 Å². The molecule has 0 aliphatic rings. The van der Waals surface area contributed by atoms with Crippen LogP contribution in [0.3, 0.4) is 0 Å². The first-order chi connectivity index (χ1) is 5.49. The van der Waals surface area contributed by atoms with Crippen LogP contribution in [0, 0.1) is 5.92 Å². The molecule has 0 aromatic heterocycles. The van der Waals surface area contributed by atoms with Crippen molar-refractivity contribution in [2.45, 2.75) is 26.2 Å². The fourth-order valence-corrected chi connectivity index (χ4v) is 1.71. The van der Waals surface area contributed by atoms with Gasteiger partial charge in [-0.25, -0.2) is 0 Å². The average molecular weight is 194 g/mol. The summed E-state index contributed by atoms with van der Waals surface area (Å²) < 4.78 is 29.2. The Morgan fingerprint density at radius 3 is 2.42 bits per heavy atom. The van der Waals surface area contributed by atoms with Crippen molar-refractivity contribution < 1.29 is 17.8 Å². The lowest BCUT2D eigenvalue weighted by Crippen LogP contribution is -2.16. The summed E-state index contributed by atoms with van der Waals surface area (Å²) in [6, 6.07) is 0. The molecule has 0 amide bonds. The third-order valence-electron chi connectivity index (χ3n) is 1.55. The zero-order chi connectivity index (χ0) is 9.61. The Bertz CT molecular complexity index is 220. The van der Waals surface area contributed by atoms with Gasteiger partial charge in [0.05, 0.1) is 5.75 Å². The molecule has 0 aromatic rings. The Morgan fingerprint density at radius 1 is 1.50 bits per heavy atom. The highest BCUT2D eigenvalue weighted by Gasteiger charge is 2.15. The summed E-state index contributed by atoms with van der Waals surface area (Å²) in [5, 5.41) is 0. The first-order valence-corrected chi connectivity index (χ1v) is 5.51. The predicted octanol–water partition coefficient (Wildman–Crippen LogP) is 0.879. The Labute approximate surface area is 72.7 Å². The van der Waals surface area contributed by atoms with Crippen molar-refractivity contribution in [3.63, 3.8) is 0 Å². The molecular weight excluding hydrogens is 180 g/mol. The van der Waals surface area contributed by atoms with Crippen LogP contribution in [0.5, 0.6) is 0 Å². The first kappa shape index (κ1) is 11.6. The molecule has 1 atom stereocenters. The fraction of sp³-hybridized carbons (Fsp3) is 0.857. The molecule has 12 heavy (non-hydrogen) atoms. The molecule has 0 saturated heterocycles. The van der Waals surface area contributed by atoms with Gasteiger partial charge in [0.15, 0.2) is 0 Å². The number of unbranched alkanes of at least 4 members (excludes halogenated alkanes) is 1. The lowest BCUT2D eigenvalue weighted by molar-refractivity contribution is -0.110. The summed E-state index contributed by atoms with van der Waals surface area (Å²) in [6.45, 7) is 1.95. The minimum absolute atomic E-state index is 0.448. The van der Waals surface area contributed by atoms with Gasteiger partial charge in [-0.2, -0.15) is 8.42 Å². The molecule has 0 saturated carbocycles. The molecule has 72 valence electrons. The average Bonchev–Trinajstić information content (AvgIpc) is 1.95. The quantitative estimate of drug-likeness (QED) is 0.503. The Morgan fingerprint density at radius 2 is 2.08 bits per heavy atom. The van der Waals surface area contributed by atoms with E-state index in [2.05, 4.69) is 0 Å². The van der Waals surface area contributed by atoms with E-state index < -0.39 is 21.8 Å². The number of hydrogen-bond acceptors (Lipinski definition) is 3. The SMILES string of the molecule is CCCCC(C=O)CS(=O)(=O)O. The topological polar surface area (TPSA) is 71.4 Å². The lowest BCUT2D eigenvalue weighted by Gasteiger charge is -2.05. The van der Waals surface area contributed by atoms with Gasteiger partial charge in [-0.1, -0.05) is 19.8 Å². The normalized spacial score (nSPS) is 14.2. The number of carbonyl (C=O) groups excluding carboxylic acids is 1. The third kappa shape index (κ3) is 6.30. The van der Waals surface area contributed by atoms with Crippen LogP contribution in [-0.4, -0.2) is 25.0 Å². The molecule has 0 spiro atoms. The Hall–Kier alpha value is -0.420. The van der Waals surface area contributed by atoms with Gasteiger partial charge in [0.2, 0.25) is 0 Å². The van der Waals surface area contributed by atoms with Gasteiger partial charge in [0.25, 0.3) is 10.1 Å². The van der Waals surface area contributed by atoms with E-state index in [-0.39, 0.29) is 0 Å². The van der Waals surface area contributed by atoms with Gasteiger partial charge in [0, 0.05) is 5.92 Å². The van der Waals surface area contributed by atoms with Crippen molar-refractivity contribution in [2.75, 3.05) is 5.75 Å². The van der Waals surface area contributed by atoms with Crippen LogP contribution < -0.4 is 0 Å². The van der Waals surface area contributed by atoms with Crippen LogP contribution in [-0.2, 0) is 14.9 Å². The highest BCUT2D eigenvalue weighted by molar-refractivity contribution is 7.85. The number of carbonyl (C=O) groups is 1. The second-order valence-electron chi connectivity index (χ2n) is 2.79. The van der Waals surface area contributed by atoms with Crippen LogP contribution in [0.1, 0.15) is 26.2 Å². The number of hydrogen-bond donors (Lipinski definition) is 1. The Kier molecular flexibility index (Phi) is 5.08. The van der Waals surface area contributed by atoms with Crippen LogP contribution in [0.2, 0.25) is 0 Å². The van der Waals surface area contributed by atoms with Gasteiger partial charge in [-0.05, 0) is 6.42 Å². The van der Waals surface area contributed by atoms with Crippen molar-refractivity contribution in [2.24, 2.45) is 5.92 Å². The van der Waals surface area contributed by atoms with Crippen LogP contribution in [0.25, 0.3) is 0 Å². The van der Waals surface area contributed by atoms with Crippen LogP contribution >= 0.6 is 0 Å². The zero-order valence-corrected chi connectivity index (χ0v) is 7.88. The van der Waals surface area contributed by atoms with Crippen molar-refractivity contribution in [3.05, 3.63) is 0 Å². The summed E-state index contributed by atoms with van der Waals surface area (Å²) in [7, 11) is -4.00. The lowest BCUT2D eigenvalue weighted by atomic mass is 10.1. The maximum Gasteiger partial charge on any atom is 0.265 e. The molecule has 0 aromatic carbocycles. The van der Waals surface area contributed by atoms with Crippen molar-refractivity contribution in [3.8, 4) is 0 Å². The largest absolute Gasteiger partial charge is 0.303 e. The van der Waals surface area contributed by atoms with Crippen molar-refractivity contribution in [1.29, 1.82) is 0 Å². The van der Waals surface area contributed by atoms with Gasteiger partial charge >= 0.3 is 0 Å². The van der Waals surface area contributed by atoms with E-state index in [0.29, 0.717) is 12.7 Å². The van der Waals surface area contributed by atoms with E-state index in [9.17, 15) is 13.2 Å². The standard InChI is InChI=1S/C7H14O4S/c1-2-3-4-7(5-8)6-12(9,10)11/h5,7H,2-4,6H2,1H3,(H,9,10,11). The first-order valence-electron chi connectivity index (χ1n) is 3.90. The molecule has 0 aliphatic heterocycles. The van der Waals surface area contributed by atoms with E-state index in [4.69, 9.17) is 4.55 Å². The molecular formula is C7H14O4S. The van der Waals surface area contributed by atoms with Gasteiger partial charge in [-0.3, -0.25) is 4.55 Å². The second kappa shape index (κ2) is 5.27. The molecule has 1 N–H and O–H groups in total. The minimum Gasteiger partial charge on any atom is -0.303 e. The van der Waals surface area contributed by atoms with Gasteiger partial charge < -0.3 is 4.79 Å². The number of aldehydes is 1. The van der Waals surface area contributed by atoms with E-state index in [0.717, 1.165) is 12.8 Å². The van der Waals surface area contributed by atoms with E-state index >= 15 is 0 Å². The molecule has 0 fully saturated rings. The van der Waals surface area contributed by atoms with E-state index in [1.54, 1.807) is 0 Å². The molecule has 0 bridgehead atoms. The summed E-state index contributed by atoms with van der Waals surface area (Å²) in [4.78, 5) is 10.3. The van der Waals surface area contributed by atoms with Crippen LogP contribution in [0.4, 0.5) is 0 Å². The fourth-order valence-electron chi connectivity index (χ4n) is 0.928. The molecule has 0 radical (unpaired) electrons. The maximum atomic E-state index is 10.4. The number of rotatable bonds is 6. The zero-order valence-electron chi connectivity index (χ0n) is 7.06. The summed E-state index contributed by atoms with van der Waals surface area (Å²) >= 11 is 0. The second-order valence-corrected chi connectivity index (χ2v) is 4.28. The third-order valence-corrected chi connectivity index (χ3v) is 2.40. The summed E-state index contributed by atoms with van der Waals surface area (Å²) in [5.41, 5.74) is 0. The monoisotopic (exact) mass is 194 g/mol. The van der Waals surface area contributed by atoms with Crippen molar-refractivity contribution in [1.82, 2.24) is 0 Å². The highest BCUT2D eigenvalue weighted by Crippen LogP contribution is 2.07.